The van der Waals surface area contributed by atoms with Crippen LogP contribution in [0.15, 0.2) is 12.2 Å². The molecule has 0 aromatic carbocycles. The van der Waals surface area contributed by atoms with E-state index < -0.39 is 8.32 Å². The molecule has 1 aliphatic heterocycles. The standard InChI is InChI=1S/C20H38O2S2Si/c1-17(22-25(5,6)20(2,3)4)11-8-7-9-12-18(21)13-14-19-23-15-10-16-24-19/h9,12,17,19H,7-8,10-11,13-16H2,1-6H3/b12-9+/t17-/m0/s1. The summed E-state index contributed by atoms with van der Waals surface area (Å²) >= 11 is 4.04. The molecule has 1 aliphatic rings. The normalized spacial score (nSPS) is 18.6. The molecular weight excluding hydrogens is 364 g/mol. The van der Waals surface area contributed by atoms with Crippen LogP contribution in [-0.4, -0.2) is 36.3 Å². The first-order valence-electron chi connectivity index (χ1n) is 9.72. The Bertz CT molecular complexity index is 424. The van der Waals surface area contributed by atoms with E-state index in [4.69, 9.17) is 4.43 Å². The lowest BCUT2D eigenvalue weighted by atomic mass is 10.1. The number of hydrogen-bond donors (Lipinski definition) is 0. The molecule has 0 bridgehead atoms. The van der Waals surface area contributed by atoms with Crippen molar-refractivity contribution in [2.75, 3.05) is 11.5 Å². The van der Waals surface area contributed by atoms with E-state index in [-0.39, 0.29) is 10.8 Å². The highest BCUT2D eigenvalue weighted by Crippen LogP contribution is 2.37. The van der Waals surface area contributed by atoms with E-state index in [0.29, 0.717) is 17.1 Å². The molecule has 0 aromatic rings. The molecule has 1 atom stereocenters. The predicted octanol–water partition coefficient (Wildman–Crippen LogP) is 6.67. The summed E-state index contributed by atoms with van der Waals surface area (Å²) in [5.41, 5.74) is 0. The van der Waals surface area contributed by atoms with Gasteiger partial charge in [0.2, 0.25) is 0 Å². The smallest absolute Gasteiger partial charge is 0.192 e. The number of carbonyl (C=O) groups is 1. The number of rotatable bonds is 10. The Labute approximate surface area is 165 Å². The number of ketones is 1. The van der Waals surface area contributed by atoms with E-state index in [0.717, 1.165) is 25.7 Å². The fourth-order valence-corrected chi connectivity index (χ4v) is 6.86. The van der Waals surface area contributed by atoms with Crippen LogP contribution in [0, 0.1) is 0 Å². The number of unbranched alkanes of at least 4 members (excludes halogenated alkanes) is 1. The Balaban J connectivity index is 2.15. The summed E-state index contributed by atoms with van der Waals surface area (Å²) in [6.07, 6.45) is 10.3. The van der Waals surface area contributed by atoms with Crippen molar-refractivity contribution in [1.29, 1.82) is 0 Å². The van der Waals surface area contributed by atoms with Crippen LogP contribution in [0.25, 0.3) is 0 Å². The van der Waals surface area contributed by atoms with Gasteiger partial charge in [-0.15, -0.1) is 23.5 Å². The van der Waals surface area contributed by atoms with Gasteiger partial charge in [-0.2, -0.15) is 0 Å². The van der Waals surface area contributed by atoms with Crippen molar-refractivity contribution < 1.29 is 9.22 Å². The number of carbonyl (C=O) groups excluding carboxylic acids is 1. The summed E-state index contributed by atoms with van der Waals surface area (Å²) in [7, 11) is -1.66. The lowest BCUT2D eigenvalue weighted by molar-refractivity contribution is -0.114. The first kappa shape index (κ1) is 23.3. The van der Waals surface area contributed by atoms with Crippen molar-refractivity contribution in [2.24, 2.45) is 0 Å². The number of thioether (sulfide) groups is 2. The first-order chi connectivity index (χ1) is 11.6. The van der Waals surface area contributed by atoms with Gasteiger partial charge in [0.05, 0.1) is 4.58 Å². The van der Waals surface area contributed by atoms with Crippen LogP contribution in [0.1, 0.15) is 66.2 Å². The zero-order valence-electron chi connectivity index (χ0n) is 17.1. The van der Waals surface area contributed by atoms with Gasteiger partial charge in [0.25, 0.3) is 0 Å². The minimum atomic E-state index is -1.66. The fraction of sp³-hybridized carbons (Fsp3) is 0.850. The molecule has 0 spiro atoms. The molecule has 0 N–H and O–H groups in total. The van der Waals surface area contributed by atoms with E-state index >= 15 is 0 Å². The second-order valence-corrected chi connectivity index (χ2v) is 16.2. The average molecular weight is 403 g/mol. The lowest BCUT2D eigenvalue weighted by Crippen LogP contribution is -2.43. The molecule has 1 rings (SSSR count). The molecule has 1 heterocycles. The van der Waals surface area contributed by atoms with Gasteiger partial charge >= 0.3 is 0 Å². The van der Waals surface area contributed by atoms with Crippen LogP contribution in [0.3, 0.4) is 0 Å². The predicted molar refractivity (Wildman–Crippen MR) is 118 cm³/mol. The van der Waals surface area contributed by atoms with Gasteiger partial charge in [0.15, 0.2) is 14.1 Å². The highest BCUT2D eigenvalue weighted by atomic mass is 32.2. The van der Waals surface area contributed by atoms with E-state index in [1.807, 2.05) is 23.5 Å². The molecule has 25 heavy (non-hydrogen) atoms. The average Bonchev–Trinajstić information content (AvgIpc) is 2.52. The molecular formula is C20H38O2S2Si. The van der Waals surface area contributed by atoms with Gasteiger partial charge in [-0.05, 0) is 74.7 Å². The molecule has 1 fully saturated rings. The Morgan fingerprint density at radius 1 is 1.28 bits per heavy atom. The molecule has 2 nitrogen and oxygen atoms in total. The summed E-state index contributed by atoms with van der Waals surface area (Å²) in [6.45, 7) is 13.7. The second-order valence-electron chi connectivity index (χ2n) is 8.55. The third-order valence-electron chi connectivity index (χ3n) is 5.11. The molecule has 0 aromatic heterocycles. The highest BCUT2D eigenvalue weighted by Gasteiger charge is 2.38. The van der Waals surface area contributed by atoms with Gasteiger partial charge in [0, 0.05) is 12.5 Å². The van der Waals surface area contributed by atoms with Gasteiger partial charge in [-0.25, -0.2) is 0 Å². The topological polar surface area (TPSA) is 26.3 Å². The zero-order valence-corrected chi connectivity index (χ0v) is 19.7. The SMILES string of the molecule is C[C@@H](CCC/C=C/C(=O)CCC1SCCCS1)O[Si](C)(C)C(C)(C)C. The maximum Gasteiger partial charge on any atom is 0.192 e. The van der Waals surface area contributed by atoms with Crippen LogP contribution >= 0.6 is 23.5 Å². The van der Waals surface area contributed by atoms with Crippen molar-refractivity contribution in [3.63, 3.8) is 0 Å². The zero-order chi connectivity index (χ0) is 18.9. The minimum absolute atomic E-state index is 0.266. The van der Waals surface area contributed by atoms with Crippen LogP contribution in [0.2, 0.25) is 18.1 Å². The summed E-state index contributed by atoms with van der Waals surface area (Å²) in [6, 6.07) is 0. The maximum absolute atomic E-state index is 12.0. The van der Waals surface area contributed by atoms with Gasteiger partial charge in [-0.3, -0.25) is 4.79 Å². The first-order valence-corrected chi connectivity index (χ1v) is 14.7. The fourth-order valence-electron chi connectivity index (χ4n) is 2.52. The number of allylic oxidation sites excluding steroid dienone is 2. The molecule has 146 valence electrons. The molecule has 0 aliphatic carbocycles. The van der Waals surface area contributed by atoms with Crippen LogP contribution < -0.4 is 0 Å². The monoisotopic (exact) mass is 402 g/mol. The minimum Gasteiger partial charge on any atom is -0.414 e. The van der Waals surface area contributed by atoms with E-state index in [2.05, 4.69) is 46.9 Å². The van der Waals surface area contributed by atoms with E-state index in [1.54, 1.807) is 6.08 Å². The van der Waals surface area contributed by atoms with Crippen molar-refractivity contribution in [3.05, 3.63) is 12.2 Å². The lowest BCUT2D eigenvalue weighted by Gasteiger charge is -2.38. The van der Waals surface area contributed by atoms with Gasteiger partial charge < -0.3 is 4.43 Å². The quantitative estimate of drug-likeness (QED) is 0.231. The van der Waals surface area contributed by atoms with Crippen molar-refractivity contribution in [1.82, 2.24) is 0 Å². The third-order valence-corrected chi connectivity index (χ3v) is 12.8. The van der Waals surface area contributed by atoms with Gasteiger partial charge in [0.1, 0.15) is 0 Å². The molecule has 0 saturated carbocycles. The Morgan fingerprint density at radius 2 is 1.92 bits per heavy atom. The van der Waals surface area contributed by atoms with Crippen LogP contribution in [0.5, 0.6) is 0 Å². The highest BCUT2D eigenvalue weighted by molar-refractivity contribution is 8.17. The summed E-state index contributed by atoms with van der Waals surface area (Å²) in [5.74, 6) is 2.81. The van der Waals surface area contributed by atoms with Crippen LogP contribution in [-0.2, 0) is 9.22 Å². The maximum atomic E-state index is 12.0. The molecule has 1 saturated heterocycles. The summed E-state index contributed by atoms with van der Waals surface area (Å²) < 4.78 is 7.02. The molecule has 0 unspecified atom stereocenters. The van der Waals surface area contributed by atoms with Crippen molar-refractivity contribution >= 4 is 37.6 Å². The summed E-state index contributed by atoms with van der Waals surface area (Å²) in [5, 5.41) is 0.266. The second kappa shape index (κ2) is 11.2. The van der Waals surface area contributed by atoms with Crippen molar-refractivity contribution in [3.8, 4) is 0 Å². The molecule has 5 heteroatoms. The summed E-state index contributed by atoms with van der Waals surface area (Å²) in [4.78, 5) is 12.0. The van der Waals surface area contributed by atoms with E-state index in [9.17, 15) is 4.79 Å². The van der Waals surface area contributed by atoms with Gasteiger partial charge in [-0.1, -0.05) is 26.8 Å². The largest absolute Gasteiger partial charge is 0.414 e. The number of hydrogen-bond acceptors (Lipinski definition) is 4. The van der Waals surface area contributed by atoms with Crippen LogP contribution in [0.4, 0.5) is 0 Å². The Morgan fingerprint density at radius 3 is 2.52 bits per heavy atom. The Kier molecular flexibility index (Phi) is 10.5. The third kappa shape index (κ3) is 9.69. The molecule has 0 radical (unpaired) electrons. The van der Waals surface area contributed by atoms with E-state index in [1.165, 1.54) is 17.9 Å². The Hall–Kier alpha value is 0.287. The van der Waals surface area contributed by atoms with Crippen molar-refractivity contribution in [2.45, 2.75) is 95.0 Å². The molecule has 0 amide bonds.